The average Bonchev–Trinajstić information content (AvgIpc) is 2.99. The number of benzene rings is 1. The third kappa shape index (κ3) is 5.20. The molecule has 1 atom stereocenters. The van der Waals surface area contributed by atoms with Gasteiger partial charge in [-0.05, 0) is 44.9 Å². The molecule has 1 N–H and O–H groups in total. The number of rotatable bonds is 3. The van der Waals surface area contributed by atoms with Crippen molar-refractivity contribution in [3.8, 4) is 0 Å². The number of hydrogen-bond acceptors (Lipinski definition) is 7. The maximum Gasteiger partial charge on any atom is 0.410 e. The molecule has 29 heavy (non-hydrogen) atoms. The first-order valence-electron chi connectivity index (χ1n) is 9.76. The van der Waals surface area contributed by atoms with Crippen molar-refractivity contribution in [1.29, 1.82) is 0 Å². The van der Waals surface area contributed by atoms with E-state index in [1.54, 1.807) is 17.9 Å². The third-order valence-electron chi connectivity index (χ3n) is 4.95. The van der Waals surface area contributed by atoms with Gasteiger partial charge in [-0.1, -0.05) is 12.1 Å². The van der Waals surface area contributed by atoms with Crippen LogP contribution in [0.25, 0.3) is 0 Å². The number of hydrogen-bond donors (Lipinski definition) is 1. The Kier molecular flexibility index (Phi) is 5.80. The minimum Gasteiger partial charge on any atom is -0.444 e. The van der Waals surface area contributed by atoms with Gasteiger partial charge in [-0.3, -0.25) is 4.99 Å². The van der Waals surface area contributed by atoms with E-state index in [4.69, 9.17) is 4.74 Å². The van der Waals surface area contributed by atoms with E-state index in [1.165, 1.54) is 6.26 Å². The van der Waals surface area contributed by atoms with Crippen LogP contribution in [0.3, 0.4) is 0 Å². The summed E-state index contributed by atoms with van der Waals surface area (Å²) in [5.74, 6) is 0.823. The summed E-state index contributed by atoms with van der Waals surface area (Å²) in [5, 5.41) is 3.36. The highest BCUT2D eigenvalue weighted by Gasteiger charge is 2.36. The first-order valence-corrected chi connectivity index (χ1v) is 11.7. The van der Waals surface area contributed by atoms with Crippen LogP contribution in [0.15, 0.2) is 28.1 Å². The first kappa shape index (κ1) is 21.4. The Morgan fingerprint density at radius 1 is 1.31 bits per heavy atom. The summed E-state index contributed by atoms with van der Waals surface area (Å²) in [5.41, 5.74) is 1.23. The van der Waals surface area contributed by atoms with Crippen molar-refractivity contribution in [2.45, 2.75) is 50.8 Å². The summed E-state index contributed by atoms with van der Waals surface area (Å²) >= 11 is 0. The second-order valence-electron chi connectivity index (χ2n) is 8.66. The Morgan fingerprint density at radius 3 is 2.66 bits per heavy atom. The lowest BCUT2D eigenvalue weighted by Crippen LogP contribution is -2.57. The van der Waals surface area contributed by atoms with E-state index >= 15 is 0 Å². The van der Waals surface area contributed by atoms with Gasteiger partial charge in [0.15, 0.2) is 15.8 Å². The topological polar surface area (TPSA) is 91.3 Å². The summed E-state index contributed by atoms with van der Waals surface area (Å²) in [6, 6.07) is 5.51. The lowest BCUT2D eigenvalue weighted by atomic mass is 10.1. The van der Waals surface area contributed by atoms with E-state index in [0.717, 1.165) is 17.1 Å². The van der Waals surface area contributed by atoms with Gasteiger partial charge in [-0.15, -0.1) is 0 Å². The van der Waals surface area contributed by atoms with Crippen LogP contribution in [0.4, 0.5) is 4.79 Å². The van der Waals surface area contributed by atoms with Crippen molar-refractivity contribution >= 4 is 21.9 Å². The number of nitrogens with one attached hydrogen (secondary N) is 1. The summed E-state index contributed by atoms with van der Waals surface area (Å²) in [6.07, 6.45) is 0.942. The summed E-state index contributed by atoms with van der Waals surface area (Å²) in [7, 11) is -3.22. The fourth-order valence-corrected chi connectivity index (χ4v) is 4.60. The Balaban J connectivity index is 1.56. The molecule has 2 aliphatic heterocycles. The fraction of sp³-hybridized carbons (Fsp3) is 0.600. The number of guanidine groups is 1. The van der Waals surface area contributed by atoms with E-state index in [9.17, 15) is 13.2 Å². The number of amides is 1. The number of carbonyl (C=O) groups excluding carboxylic acids is 1. The number of sulfone groups is 1. The van der Waals surface area contributed by atoms with Gasteiger partial charge in [-0.25, -0.2) is 13.2 Å². The molecule has 2 heterocycles. The van der Waals surface area contributed by atoms with Crippen LogP contribution in [-0.2, 0) is 21.1 Å². The lowest BCUT2D eigenvalue weighted by molar-refractivity contribution is 0.0137. The number of aliphatic imine (C=N–C) groups is 1. The Morgan fingerprint density at radius 2 is 2.03 bits per heavy atom. The molecule has 0 radical (unpaired) electrons. The van der Waals surface area contributed by atoms with E-state index in [-0.39, 0.29) is 12.1 Å². The molecule has 0 aromatic heterocycles. The molecule has 160 valence electrons. The Labute approximate surface area is 172 Å². The van der Waals surface area contributed by atoms with Crippen LogP contribution in [-0.4, -0.2) is 74.3 Å². The van der Waals surface area contributed by atoms with Crippen LogP contribution in [0.1, 0.15) is 31.9 Å². The number of aryl methyl sites for hydroxylation is 1. The maximum absolute atomic E-state index is 12.3. The maximum atomic E-state index is 12.3. The van der Waals surface area contributed by atoms with Crippen molar-refractivity contribution in [3.63, 3.8) is 0 Å². The molecule has 8 nitrogen and oxygen atoms in total. The highest BCUT2D eigenvalue weighted by atomic mass is 32.2. The normalized spacial score (nSPS) is 19.6. The SMILES string of the molecule is Cc1cc(CNC2=NCC3CN(C(=O)OC(C)(C)C)CCN23)ccc1S(C)(=O)=O. The monoisotopic (exact) mass is 422 g/mol. The Bertz CT molecular complexity index is 921. The minimum atomic E-state index is -3.22. The molecule has 1 saturated heterocycles. The molecule has 1 aromatic rings. The van der Waals surface area contributed by atoms with Crippen LogP contribution >= 0.6 is 0 Å². The highest BCUT2D eigenvalue weighted by Crippen LogP contribution is 2.20. The van der Waals surface area contributed by atoms with Crippen LogP contribution in [0.5, 0.6) is 0 Å². The van der Waals surface area contributed by atoms with Crippen molar-refractivity contribution in [1.82, 2.24) is 15.1 Å². The fourth-order valence-electron chi connectivity index (χ4n) is 3.64. The molecular formula is C20H30N4O4S. The number of fused-ring (bicyclic) bond motifs is 1. The number of carbonyl (C=O) groups is 1. The molecule has 9 heteroatoms. The van der Waals surface area contributed by atoms with E-state index in [1.807, 2.05) is 32.9 Å². The van der Waals surface area contributed by atoms with Crippen molar-refractivity contribution < 1.29 is 17.9 Å². The number of piperazine rings is 1. The van der Waals surface area contributed by atoms with Crippen LogP contribution in [0.2, 0.25) is 0 Å². The molecule has 1 unspecified atom stereocenters. The number of ether oxygens (including phenoxy) is 1. The zero-order chi connectivity index (χ0) is 21.4. The van der Waals surface area contributed by atoms with Gasteiger partial charge in [0.25, 0.3) is 0 Å². The zero-order valence-corrected chi connectivity index (χ0v) is 18.5. The molecule has 0 aliphatic carbocycles. The Hall–Kier alpha value is -2.29. The zero-order valence-electron chi connectivity index (χ0n) is 17.7. The molecule has 0 spiro atoms. The summed E-state index contributed by atoms with van der Waals surface area (Å²) < 4.78 is 29.0. The molecule has 0 bridgehead atoms. The quantitative estimate of drug-likeness (QED) is 0.798. The third-order valence-corrected chi connectivity index (χ3v) is 6.20. The van der Waals surface area contributed by atoms with Crippen molar-refractivity contribution in [2.75, 3.05) is 32.4 Å². The second-order valence-corrected chi connectivity index (χ2v) is 10.6. The first-order chi connectivity index (χ1) is 13.4. The van der Waals surface area contributed by atoms with E-state index in [2.05, 4.69) is 15.2 Å². The van der Waals surface area contributed by atoms with E-state index < -0.39 is 15.4 Å². The van der Waals surface area contributed by atoms with Crippen LogP contribution in [0, 0.1) is 6.92 Å². The highest BCUT2D eigenvalue weighted by molar-refractivity contribution is 7.90. The molecule has 3 rings (SSSR count). The van der Waals surface area contributed by atoms with Gasteiger partial charge in [0, 0.05) is 32.4 Å². The largest absolute Gasteiger partial charge is 0.444 e. The molecule has 1 fully saturated rings. The second kappa shape index (κ2) is 7.85. The van der Waals surface area contributed by atoms with Crippen molar-refractivity contribution in [3.05, 3.63) is 29.3 Å². The smallest absolute Gasteiger partial charge is 0.410 e. The minimum absolute atomic E-state index is 0.146. The van der Waals surface area contributed by atoms with Gasteiger partial charge in [0.2, 0.25) is 0 Å². The number of nitrogens with zero attached hydrogens (tertiary/aromatic N) is 3. The lowest BCUT2D eigenvalue weighted by Gasteiger charge is -2.39. The summed E-state index contributed by atoms with van der Waals surface area (Å²) in [4.78, 5) is 21.2. The predicted molar refractivity (Wildman–Crippen MR) is 112 cm³/mol. The predicted octanol–water partition coefficient (Wildman–Crippen LogP) is 1.78. The van der Waals surface area contributed by atoms with Crippen LogP contribution < -0.4 is 5.32 Å². The van der Waals surface area contributed by atoms with Gasteiger partial charge >= 0.3 is 6.09 Å². The van der Waals surface area contributed by atoms with E-state index in [0.29, 0.717) is 37.6 Å². The average molecular weight is 423 g/mol. The standard InChI is InChI=1S/C20H30N4O4S/c1-14-10-15(6-7-17(14)29(5,26)27)11-21-18-22-12-16-13-23(8-9-24(16)18)19(25)28-20(2,3)4/h6-7,10,16H,8-9,11-13H2,1-5H3,(H,21,22). The molecule has 2 aliphatic rings. The van der Waals surface area contributed by atoms with Crippen molar-refractivity contribution in [2.24, 2.45) is 4.99 Å². The van der Waals surface area contributed by atoms with Gasteiger partial charge in [0.05, 0.1) is 17.5 Å². The molecular weight excluding hydrogens is 392 g/mol. The van der Waals surface area contributed by atoms with Gasteiger partial charge in [0.1, 0.15) is 5.60 Å². The van der Waals surface area contributed by atoms with Gasteiger partial charge < -0.3 is 19.9 Å². The molecule has 1 amide bonds. The molecule has 0 saturated carbocycles. The molecule has 1 aromatic carbocycles. The van der Waals surface area contributed by atoms with Gasteiger partial charge in [-0.2, -0.15) is 0 Å². The summed E-state index contributed by atoms with van der Waals surface area (Å²) in [6.45, 7) is 10.5.